The molecular weight excluding hydrogens is 242 g/mol. The summed E-state index contributed by atoms with van der Waals surface area (Å²) >= 11 is 5.00. The van der Waals surface area contributed by atoms with E-state index in [1.807, 2.05) is 18.2 Å². The summed E-state index contributed by atoms with van der Waals surface area (Å²) in [7, 11) is 2.10. The number of anilines is 1. The van der Waals surface area contributed by atoms with Crippen LogP contribution in [0.15, 0.2) is 24.3 Å². The van der Waals surface area contributed by atoms with Crippen molar-refractivity contribution in [2.24, 2.45) is 5.73 Å². The molecule has 100 valence electrons. The minimum absolute atomic E-state index is 0.453. The average molecular weight is 265 g/mol. The van der Waals surface area contributed by atoms with Gasteiger partial charge in [0.15, 0.2) is 0 Å². The van der Waals surface area contributed by atoms with Gasteiger partial charge in [0.25, 0.3) is 0 Å². The topological polar surface area (TPSA) is 32.5 Å². The lowest BCUT2D eigenvalue weighted by Gasteiger charge is -2.24. The van der Waals surface area contributed by atoms with Crippen LogP contribution >= 0.6 is 12.2 Å². The van der Waals surface area contributed by atoms with E-state index >= 15 is 0 Å². The summed E-state index contributed by atoms with van der Waals surface area (Å²) < 4.78 is 0. The Bertz CT molecular complexity index is 388. The maximum absolute atomic E-state index is 5.65. The maximum Gasteiger partial charge on any atom is 0.104 e. The second kappa shape index (κ2) is 7.34. The summed E-state index contributed by atoms with van der Waals surface area (Å²) in [5, 5.41) is 0. The molecular formula is C14H23N3S. The minimum atomic E-state index is 0.453. The molecule has 0 aliphatic rings. The first-order valence-corrected chi connectivity index (χ1v) is 6.82. The molecule has 0 heterocycles. The Morgan fingerprint density at radius 1 is 1.22 bits per heavy atom. The molecule has 0 radical (unpaired) electrons. The number of hydrogen-bond acceptors (Lipinski definition) is 3. The van der Waals surface area contributed by atoms with E-state index in [1.165, 1.54) is 0 Å². The third kappa shape index (κ3) is 4.27. The van der Waals surface area contributed by atoms with E-state index in [-0.39, 0.29) is 0 Å². The normalized spacial score (nSPS) is 10.7. The van der Waals surface area contributed by atoms with Crippen LogP contribution in [0.25, 0.3) is 0 Å². The summed E-state index contributed by atoms with van der Waals surface area (Å²) in [5.41, 5.74) is 7.74. The Labute approximate surface area is 116 Å². The first-order chi connectivity index (χ1) is 8.58. The van der Waals surface area contributed by atoms with Crippen molar-refractivity contribution in [2.75, 3.05) is 38.1 Å². The van der Waals surface area contributed by atoms with Gasteiger partial charge < -0.3 is 15.5 Å². The average Bonchev–Trinajstić information content (AvgIpc) is 2.39. The number of hydrogen-bond donors (Lipinski definition) is 1. The molecule has 1 aromatic rings. The lowest BCUT2D eigenvalue weighted by atomic mass is 10.2. The molecule has 2 N–H and O–H groups in total. The van der Waals surface area contributed by atoms with Crippen LogP contribution < -0.4 is 10.6 Å². The zero-order chi connectivity index (χ0) is 13.5. The van der Waals surface area contributed by atoms with E-state index in [9.17, 15) is 0 Å². The van der Waals surface area contributed by atoms with Crippen molar-refractivity contribution < 1.29 is 0 Å². The van der Waals surface area contributed by atoms with Gasteiger partial charge in [-0.2, -0.15) is 0 Å². The highest BCUT2D eigenvalue weighted by Gasteiger charge is 2.05. The number of thiocarbonyl (C=S) groups is 1. The third-order valence-electron chi connectivity index (χ3n) is 3.22. The van der Waals surface area contributed by atoms with E-state index in [0.29, 0.717) is 4.99 Å². The molecule has 0 aliphatic carbocycles. The monoisotopic (exact) mass is 265 g/mol. The molecule has 0 fully saturated rings. The van der Waals surface area contributed by atoms with Crippen LogP contribution in [-0.4, -0.2) is 43.1 Å². The summed E-state index contributed by atoms with van der Waals surface area (Å²) in [5.74, 6) is 0. The summed E-state index contributed by atoms with van der Waals surface area (Å²) in [6.45, 7) is 8.64. The maximum atomic E-state index is 5.65. The predicted octanol–water partition coefficient (Wildman–Crippen LogP) is 2.10. The van der Waals surface area contributed by atoms with Crippen molar-refractivity contribution >= 4 is 22.9 Å². The van der Waals surface area contributed by atoms with Gasteiger partial charge in [0.05, 0.1) is 0 Å². The SMILES string of the molecule is CCN(CC)CCN(C)c1cccc(C(N)=S)c1. The van der Waals surface area contributed by atoms with Crippen LogP contribution in [0.5, 0.6) is 0 Å². The van der Waals surface area contributed by atoms with Crippen LogP contribution in [0.4, 0.5) is 5.69 Å². The van der Waals surface area contributed by atoms with Gasteiger partial charge >= 0.3 is 0 Å². The Morgan fingerprint density at radius 3 is 2.44 bits per heavy atom. The summed E-state index contributed by atoms with van der Waals surface area (Å²) in [6, 6.07) is 8.08. The molecule has 0 unspecified atom stereocenters. The summed E-state index contributed by atoms with van der Waals surface area (Å²) in [6.07, 6.45) is 0. The van der Waals surface area contributed by atoms with Crippen molar-refractivity contribution in [1.82, 2.24) is 4.90 Å². The van der Waals surface area contributed by atoms with Crippen molar-refractivity contribution in [3.63, 3.8) is 0 Å². The van der Waals surface area contributed by atoms with Gasteiger partial charge in [-0.1, -0.05) is 38.2 Å². The fourth-order valence-corrected chi connectivity index (χ4v) is 1.98. The number of rotatable bonds is 7. The first kappa shape index (κ1) is 14.9. The molecule has 0 saturated carbocycles. The van der Waals surface area contributed by atoms with Crippen LogP contribution in [-0.2, 0) is 0 Å². The molecule has 0 atom stereocenters. The highest BCUT2D eigenvalue weighted by atomic mass is 32.1. The number of nitrogens with two attached hydrogens (primary N) is 1. The molecule has 4 heteroatoms. The number of benzene rings is 1. The van der Waals surface area contributed by atoms with Gasteiger partial charge in [-0.3, -0.25) is 0 Å². The van der Waals surface area contributed by atoms with Gasteiger partial charge in [0.1, 0.15) is 4.99 Å². The second-order valence-corrected chi connectivity index (χ2v) is 4.80. The Kier molecular flexibility index (Phi) is 6.09. The van der Waals surface area contributed by atoms with E-state index in [0.717, 1.165) is 37.4 Å². The predicted molar refractivity (Wildman–Crippen MR) is 83.4 cm³/mol. The largest absolute Gasteiger partial charge is 0.389 e. The van der Waals surface area contributed by atoms with E-state index in [1.54, 1.807) is 0 Å². The van der Waals surface area contributed by atoms with Gasteiger partial charge in [-0.15, -0.1) is 0 Å². The van der Waals surface area contributed by atoms with Gasteiger partial charge in [0, 0.05) is 31.4 Å². The molecule has 0 saturated heterocycles. The second-order valence-electron chi connectivity index (χ2n) is 4.36. The molecule has 0 amide bonds. The number of likely N-dealkylation sites (N-methyl/N-ethyl adjacent to an activating group) is 2. The lowest BCUT2D eigenvalue weighted by Crippen LogP contribution is -2.33. The molecule has 1 rings (SSSR count). The molecule has 3 nitrogen and oxygen atoms in total. The number of nitrogens with zero attached hydrogens (tertiary/aromatic N) is 2. The zero-order valence-corrected chi connectivity index (χ0v) is 12.3. The highest BCUT2D eigenvalue weighted by molar-refractivity contribution is 7.80. The van der Waals surface area contributed by atoms with E-state index in [4.69, 9.17) is 18.0 Å². The van der Waals surface area contributed by atoms with Crippen molar-refractivity contribution in [2.45, 2.75) is 13.8 Å². The quantitative estimate of drug-likeness (QED) is 0.765. The van der Waals surface area contributed by atoms with Crippen LogP contribution in [0, 0.1) is 0 Å². The lowest BCUT2D eigenvalue weighted by molar-refractivity contribution is 0.311. The van der Waals surface area contributed by atoms with Crippen molar-refractivity contribution in [3.8, 4) is 0 Å². The van der Waals surface area contributed by atoms with Crippen molar-refractivity contribution in [1.29, 1.82) is 0 Å². The van der Waals surface area contributed by atoms with E-state index in [2.05, 4.69) is 36.8 Å². The molecule has 0 spiro atoms. The molecule has 18 heavy (non-hydrogen) atoms. The van der Waals surface area contributed by atoms with Gasteiger partial charge in [-0.25, -0.2) is 0 Å². The molecule has 0 bridgehead atoms. The van der Waals surface area contributed by atoms with Crippen LogP contribution in [0.1, 0.15) is 19.4 Å². The van der Waals surface area contributed by atoms with E-state index < -0.39 is 0 Å². The zero-order valence-electron chi connectivity index (χ0n) is 11.5. The Hall–Kier alpha value is -1.13. The van der Waals surface area contributed by atoms with Crippen LogP contribution in [0.3, 0.4) is 0 Å². The standard InChI is InChI=1S/C14H23N3S/c1-4-17(5-2)10-9-16(3)13-8-6-7-12(11-13)14(15)18/h6-8,11H,4-5,9-10H2,1-3H3,(H2,15,18). The molecule has 1 aromatic carbocycles. The Morgan fingerprint density at radius 2 is 1.89 bits per heavy atom. The minimum Gasteiger partial charge on any atom is -0.389 e. The fraction of sp³-hybridized carbons (Fsp3) is 0.500. The third-order valence-corrected chi connectivity index (χ3v) is 3.45. The smallest absolute Gasteiger partial charge is 0.104 e. The Balaban J connectivity index is 2.63. The van der Waals surface area contributed by atoms with Gasteiger partial charge in [-0.05, 0) is 25.2 Å². The molecule has 0 aromatic heterocycles. The fourth-order valence-electron chi connectivity index (χ4n) is 1.86. The van der Waals surface area contributed by atoms with Gasteiger partial charge in [0.2, 0.25) is 0 Å². The summed E-state index contributed by atoms with van der Waals surface area (Å²) in [4.78, 5) is 5.10. The molecule has 0 aliphatic heterocycles. The highest BCUT2D eigenvalue weighted by Crippen LogP contribution is 2.14. The first-order valence-electron chi connectivity index (χ1n) is 6.41. The van der Waals surface area contributed by atoms with Crippen LogP contribution in [0.2, 0.25) is 0 Å². The van der Waals surface area contributed by atoms with Crippen molar-refractivity contribution in [3.05, 3.63) is 29.8 Å².